The Bertz CT molecular complexity index is 249. The number of rotatable bonds is 4. The molecule has 0 amide bonds. The average molecular weight is 331 g/mol. The summed E-state index contributed by atoms with van der Waals surface area (Å²) >= 11 is 0. The van der Waals surface area contributed by atoms with Crippen molar-refractivity contribution in [3.63, 3.8) is 0 Å². The van der Waals surface area contributed by atoms with E-state index in [1.165, 1.54) is 0 Å². The summed E-state index contributed by atoms with van der Waals surface area (Å²) in [5.74, 6) is 0.620. The zero-order valence-corrected chi connectivity index (χ0v) is 15.2. The minimum atomic E-state index is 0. The van der Waals surface area contributed by atoms with Crippen LogP contribution in [0.1, 0.15) is 33.5 Å². The van der Waals surface area contributed by atoms with Crippen molar-refractivity contribution in [2.24, 2.45) is 0 Å². The molecule has 0 N–H and O–H groups in total. The van der Waals surface area contributed by atoms with Crippen molar-refractivity contribution < 1.29 is 37.2 Å². The maximum absolute atomic E-state index is 4.23. The van der Waals surface area contributed by atoms with Gasteiger partial charge in [0, 0.05) is 5.82 Å². The summed E-state index contributed by atoms with van der Waals surface area (Å²) in [6.45, 7) is 10.3. The molecular weight excluding hydrogens is 310 g/mol. The molecule has 17 heavy (non-hydrogen) atoms. The van der Waals surface area contributed by atoms with Crippen LogP contribution in [0.3, 0.4) is 0 Å². The minimum Gasteiger partial charge on any atom is -0.459 e. The van der Waals surface area contributed by atoms with E-state index >= 15 is 0 Å². The van der Waals surface area contributed by atoms with Crippen molar-refractivity contribution in [1.29, 1.82) is 0 Å². The average Bonchev–Trinajstić information content (AvgIpc) is 2.77. The monoisotopic (exact) mass is 331 g/mol. The van der Waals surface area contributed by atoms with Gasteiger partial charge in [0.15, 0.2) is 0 Å². The van der Waals surface area contributed by atoms with Crippen LogP contribution in [0, 0.1) is 26.2 Å². The molecule has 1 aromatic rings. The van der Waals surface area contributed by atoms with Crippen molar-refractivity contribution in [3.8, 4) is 0 Å². The number of aromatic nitrogens is 2. The Morgan fingerprint density at radius 3 is 1.94 bits per heavy atom. The van der Waals surface area contributed by atoms with Gasteiger partial charge < -0.3 is 27.0 Å². The van der Waals surface area contributed by atoms with Gasteiger partial charge in [-0.3, -0.25) is 0 Å². The van der Waals surface area contributed by atoms with Gasteiger partial charge in [-0.1, -0.05) is 30.2 Å². The Labute approximate surface area is 132 Å². The Balaban J connectivity index is 0. The molecule has 0 aliphatic rings. The molecule has 3 atom stereocenters. The van der Waals surface area contributed by atoms with Gasteiger partial charge in [-0.2, -0.15) is 19.0 Å². The fourth-order valence-corrected chi connectivity index (χ4v) is 1.25. The fraction of sp³-hybridized carbons (Fsp3) is 0.636. The molecule has 0 spiro atoms. The molecule has 0 bridgehead atoms. The predicted molar refractivity (Wildman–Crippen MR) is 68.3 cm³/mol. The van der Waals surface area contributed by atoms with Gasteiger partial charge in [0.1, 0.15) is 0 Å². The summed E-state index contributed by atoms with van der Waals surface area (Å²) in [7, 11) is 2.75. The molecule has 1 heterocycles. The molecule has 0 saturated heterocycles. The summed E-state index contributed by atoms with van der Waals surface area (Å²) < 4.78 is 6.48. The first kappa shape index (κ1) is 20.0. The zero-order chi connectivity index (χ0) is 12.6. The second-order valence-electron chi connectivity index (χ2n) is 3.53. The molecule has 6 heteroatoms. The quantitative estimate of drug-likeness (QED) is 0.628. The van der Waals surface area contributed by atoms with E-state index in [0.29, 0.717) is 17.9 Å². The van der Waals surface area contributed by atoms with Crippen molar-refractivity contribution >= 4 is 9.39 Å². The van der Waals surface area contributed by atoms with Crippen LogP contribution in [0.2, 0.25) is 0 Å². The largest absolute Gasteiger partial charge is 3.00 e. The number of aryl methyl sites for hydroxylation is 1. The Morgan fingerprint density at radius 2 is 1.76 bits per heavy atom. The summed E-state index contributed by atoms with van der Waals surface area (Å²) in [5, 5.41) is 3.38. The van der Waals surface area contributed by atoms with Gasteiger partial charge in [0.2, 0.25) is 0 Å². The Hall–Kier alpha value is 0.634. The first-order valence-corrected chi connectivity index (χ1v) is 5.82. The van der Waals surface area contributed by atoms with Gasteiger partial charge >= 0.3 is 32.7 Å². The van der Waals surface area contributed by atoms with Crippen molar-refractivity contribution in [2.75, 3.05) is 0 Å². The third-order valence-corrected chi connectivity index (χ3v) is 3.27. The van der Waals surface area contributed by atoms with Gasteiger partial charge in [-0.05, 0) is 0 Å². The van der Waals surface area contributed by atoms with E-state index in [-0.39, 0.29) is 32.7 Å². The summed E-state index contributed by atoms with van der Waals surface area (Å²) in [4.78, 5) is 3.51. The van der Waals surface area contributed by atoms with Crippen LogP contribution in [0.5, 0.6) is 0 Å². The number of nitrogens with zero attached hydrogens (tertiary/aromatic N) is 3. The van der Waals surface area contributed by atoms with E-state index in [4.69, 9.17) is 0 Å². The molecule has 0 saturated carbocycles. The topological polar surface area (TPSA) is 42.2 Å². The van der Waals surface area contributed by atoms with Crippen LogP contribution >= 0.6 is 9.39 Å². The maximum Gasteiger partial charge on any atom is 3.00 e. The van der Waals surface area contributed by atoms with E-state index in [0.717, 1.165) is 0 Å². The molecule has 4 nitrogen and oxygen atoms in total. The number of hydrogen-bond donors (Lipinski definition) is 0. The van der Waals surface area contributed by atoms with E-state index in [9.17, 15) is 0 Å². The van der Waals surface area contributed by atoms with Crippen molar-refractivity contribution in [2.45, 2.75) is 46.7 Å². The summed E-state index contributed by atoms with van der Waals surface area (Å²) in [6.07, 6.45) is 6.57. The molecule has 94 valence electrons. The zero-order valence-electron chi connectivity index (χ0n) is 11.2. The third-order valence-electron chi connectivity index (χ3n) is 2.33. The van der Waals surface area contributed by atoms with E-state index in [1.807, 2.05) is 0 Å². The Kier molecular flexibility index (Phi) is 13.7. The van der Waals surface area contributed by atoms with Crippen LogP contribution in [0.4, 0.5) is 0 Å². The van der Waals surface area contributed by atoms with Crippen LogP contribution in [0.15, 0.2) is 4.52 Å². The van der Waals surface area contributed by atoms with Gasteiger partial charge in [0.05, 0.1) is 6.39 Å². The summed E-state index contributed by atoms with van der Waals surface area (Å²) in [6, 6.07) is 1.08. The van der Waals surface area contributed by atoms with Crippen LogP contribution in [-0.4, -0.2) is 26.9 Å². The van der Waals surface area contributed by atoms with E-state index in [2.05, 4.69) is 75.7 Å². The molecule has 0 aliphatic carbocycles. The van der Waals surface area contributed by atoms with Crippen LogP contribution in [0.25, 0.3) is 0 Å². The minimum absolute atomic E-state index is 0. The molecule has 0 radical (unpaired) electrons. The molecule has 1 aromatic heterocycles. The van der Waals surface area contributed by atoms with E-state index in [1.54, 1.807) is 6.92 Å². The second kappa shape index (κ2) is 11.7. The standard InChI is InChI=1S/C8H18NP.C3H3N2O.Y/c1-5-7(3)9(10)8(4)6-2;1-3-4-2-6-5-3;/h5-8H,10H2,1-4H3;1H3;/q-2;-1;+3. The SMILES string of the molecule is C[CH-]C(C)N(P)C(C)[CH-]C.Cc1n[c-]on1.[Y+3]. The number of hydrogen-bond acceptors (Lipinski definition) is 4. The second-order valence-corrected chi connectivity index (χ2v) is 4.12. The van der Waals surface area contributed by atoms with Crippen LogP contribution in [-0.2, 0) is 32.7 Å². The Morgan fingerprint density at radius 1 is 1.29 bits per heavy atom. The maximum atomic E-state index is 4.23. The van der Waals surface area contributed by atoms with Gasteiger partial charge in [-0.15, -0.1) is 12.1 Å². The third kappa shape index (κ3) is 9.24. The first-order valence-electron chi connectivity index (χ1n) is 5.31. The summed E-state index contributed by atoms with van der Waals surface area (Å²) in [5.41, 5.74) is 0. The molecule has 0 fully saturated rings. The first-order chi connectivity index (χ1) is 7.52. The van der Waals surface area contributed by atoms with Gasteiger partial charge in [0.25, 0.3) is 0 Å². The fourth-order valence-electron chi connectivity index (χ4n) is 0.909. The van der Waals surface area contributed by atoms with Crippen LogP contribution < -0.4 is 0 Å². The molecule has 0 aromatic carbocycles. The molecular formula is C11H21N3OPY. The van der Waals surface area contributed by atoms with E-state index < -0.39 is 0 Å². The van der Waals surface area contributed by atoms with Gasteiger partial charge in [-0.25, -0.2) is 0 Å². The normalized spacial score (nSPS) is 13.4. The van der Waals surface area contributed by atoms with Crippen molar-refractivity contribution in [1.82, 2.24) is 14.8 Å². The molecule has 0 aliphatic heterocycles. The molecule has 3 unspecified atom stereocenters. The smallest absolute Gasteiger partial charge is 0.459 e. The predicted octanol–water partition coefficient (Wildman–Crippen LogP) is 2.48. The molecule has 1 rings (SSSR count). The van der Waals surface area contributed by atoms with Crippen molar-refractivity contribution in [3.05, 3.63) is 25.1 Å².